The van der Waals surface area contributed by atoms with Crippen LogP contribution in [0.15, 0.2) is 36.4 Å². The molecule has 0 heterocycles. The molecule has 0 spiro atoms. The molecule has 106 valence electrons. The Balaban J connectivity index is 2.14. The third-order valence-corrected chi connectivity index (χ3v) is 3.09. The zero-order chi connectivity index (χ0) is 15.4. The third kappa shape index (κ3) is 3.57. The second-order valence-corrected chi connectivity index (χ2v) is 4.71. The van der Waals surface area contributed by atoms with Gasteiger partial charge in [0, 0.05) is 16.9 Å². The molecular formula is C16H14FN3O. The lowest BCUT2D eigenvalue weighted by Crippen LogP contribution is -2.15. The summed E-state index contributed by atoms with van der Waals surface area (Å²) >= 11 is 0. The molecular weight excluding hydrogens is 269 g/mol. The lowest BCUT2D eigenvalue weighted by molar-refractivity contribution is -0.115. The number of halogens is 1. The quantitative estimate of drug-likeness (QED) is 0.850. The van der Waals surface area contributed by atoms with Crippen LogP contribution in [0.1, 0.15) is 16.7 Å². The van der Waals surface area contributed by atoms with Gasteiger partial charge in [-0.1, -0.05) is 12.1 Å². The summed E-state index contributed by atoms with van der Waals surface area (Å²) in [5, 5.41) is 11.5. The SMILES string of the molecule is Cc1c(F)cc(C#N)cc1NC(=O)Cc1ccc(N)cc1. The van der Waals surface area contributed by atoms with Gasteiger partial charge in [-0.15, -0.1) is 0 Å². The van der Waals surface area contributed by atoms with E-state index in [1.807, 2.05) is 6.07 Å². The van der Waals surface area contributed by atoms with Gasteiger partial charge in [0.1, 0.15) is 5.82 Å². The lowest BCUT2D eigenvalue weighted by atomic mass is 10.1. The van der Waals surface area contributed by atoms with Gasteiger partial charge >= 0.3 is 0 Å². The Labute approximate surface area is 122 Å². The van der Waals surface area contributed by atoms with Gasteiger partial charge in [0.15, 0.2) is 0 Å². The summed E-state index contributed by atoms with van der Waals surface area (Å²) in [6.07, 6.45) is 0.151. The van der Waals surface area contributed by atoms with E-state index in [9.17, 15) is 9.18 Å². The van der Waals surface area contributed by atoms with Crippen LogP contribution >= 0.6 is 0 Å². The van der Waals surface area contributed by atoms with Crippen molar-refractivity contribution in [3.8, 4) is 6.07 Å². The van der Waals surface area contributed by atoms with Crippen LogP contribution in [0.3, 0.4) is 0 Å². The van der Waals surface area contributed by atoms with Gasteiger partial charge in [0.25, 0.3) is 0 Å². The van der Waals surface area contributed by atoms with Crippen LogP contribution < -0.4 is 11.1 Å². The number of carbonyl (C=O) groups excluding carboxylic acids is 1. The molecule has 0 saturated carbocycles. The molecule has 3 N–H and O–H groups in total. The standard InChI is InChI=1S/C16H14FN3O/c1-10-14(17)6-12(9-18)7-15(10)20-16(21)8-11-2-4-13(19)5-3-11/h2-7H,8,19H2,1H3,(H,20,21). The highest BCUT2D eigenvalue weighted by Crippen LogP contribution is 2.20. The van der Waals surface area contributed by atoms with Crippen molar-refractivity contribution in [1.82, 2.24) is 0 Å². The number of rotatable bonds is 3. The first kappa shape index (κ1) is 14.5. The van der Waals surface area contributed by atoms with Gasteiger partial charge in [-0.2, -0.15) is 5.26 Å². The summed E-state index contributed by atoms with van der Waals surface area (Å²) in [6.45, 7) is 1.55. The number of nitrogens with one attached hydrogen (secondary N) is 1. The highest BCUT2D eigenvalue weighted by Gasteiger charge is 2.10. The maximum atomic E-state index is 13.6. The van der Waals surface area contributed by atoms with E-state index >= 15 is 0 Å². The molecule has 2 aromatic carbocycles. The molecule has 2 aromatic rings. The number of hydrogen-bond acceptors (Lipinski definition) is 3. The summed E-state index contributed by atoms with van der Waals surface area (Å²) in [5.74, 6) is -0.797. The number of nitrogens with two attached hydrogens (primary N) is 1. The van der Waals surface area contributed by atoms with Crippen molar-refractivity contribution in [2.75, 3.05) is 11.1 Å². The van der Waals surface area contributed by atoms with Gasteiger partial charge in [-0.05, 0) is 36.8 Å². The van der Waals surface area contributed by atoms with E-state index in [-0.39, 0.29) is 17.9 Å². The van der Waals surface area contributed by atoms with Gasteiger partial charge < -0.3 is 11.1 Å². The van der Waals surface area contributed by atoms with Crippen LogP contribution in [-0.4, -0.2) is 5.91 Å². The fraction of sp³-hybridized carbons (Fsp3) is 0.125. The van der Waals surface area contributed by atoms with Gasteiger partial charge in [0.05, 0.1) is 18.1 Å². The van der Waals surface area contributed by atoms with Crippen LogP contribution in [0.25, 0.3) is 0 Å². The predicted octanol–water partition coefficient (Wildman–Crippen LogP) is 2.77. The topological polar surface area (TPSA) is 78.9 Å². The largest absolute Gasteiger partial charge is 0.399 e. The first-order valence-electron chi connectivity index (χ1n) is 6.34. The molecule has 4 nitrogen and oxygen atoms in total. The van der Waals surface area contributed by atoms with Gasteiger partial charge in [0.2, 0.25) is 5.91 Å². The molecule has 0 saturated heterocycles. The molecule has 0 atom stereocenters. The Morgan fingerprint density at radius 3 is 2.62 bits per heavy atom. The second kappa shape index (κ2) is 6.06. The zero-order valence-corrected chi connectivity index (χ0v) is 11.5. The van der Waals surface area contributed by atoms with Crippen LogP contribution in [0.4, 0.5) is 15.8 Å². The average molecular weight is 283 g/mol. The summed E-state index contributed by atoms with van der Waals surface area (Å²) in [7, 11) is 0. The van der Waals surface area contributed by atoms with Crippen molar-refractivity contribution in [1.29, 1.82) is 5.26 Å². The molecule has 0 aromatic heterocycles. The van der Waals surface area contributed by atoms with Crippen molar-refractivity contribution in [3.63, 3.8) is 0 Å². The predicted molar refractivity (Wildman–Crippen MR) is 79.0 cm³/mol. The fourth-order valence-corrected chi connectivity index (χ4v) is 1.89. The molecule has 0 aliphatic rings. The summed E-state index contributed by atoms with van der Waals surface area (Å²) < 4.78 is 13.6. The number of benzene rings is 2. The molecule has 0 radical (unpaired) electrons. The van der Waals surface area contributed by atoms with Crippen molar-refractivity contribution in [2.24, 2.45) is 0 Å². The first-order valence-corrected chi connectivity index (χ1v) is 6.34. The minimum absolute atomic E-state index is 0.151. The first-order chi connectivity index (χ1) is 9.99. The van der Waals surface area contributed by atoms with E-state index in [2.05, 4.69) is 5.32 Å². The molecule has 2 rings (SSSR count). The van der Waals surface area contributed by atoms with Gasteiger partial charge in [-0.25, -0.2) is 4.39 Å². The van der Waals surface area contributed by atoms with E-state index in [0.29, 0.717) is 16.9 Å². The van der Waals surface area contributed by atoms with Crippen molar-refractivity contribution in [2.45, 2.75) is 13.3 Å². The molecule has 0 aliphatic heterocycles. The summed E-state index contributed by atoms with van der Waals surface area (Å²) in [5.41, 5.74) is 7.79. The van der Waals surface area contributed by atoms with Crippen LogP contribution in [0, 0.1) is 24.1 Å². The van der Waals surface area contributed by atoms with Crippen LogP contribution in [-0.2, 0) is 11.2 Å². The Kier molecular flexibility index (Phi) is 4.19. The van der Waals surface area contributed by atoms with Gasteiger partial charge in [-0.3, -0.25) is 4.79 Å². The highest BCUT2D eigenvalue weighted by molar-refractivity contribution is 5.93. The summed E-state index contributed by atoms with van der Waals surface area (Å²) in [4.78, 5) is 12.0. The number of anilines is 2. The van der Waals surface area contributed by atoms with Crippen LogP contribution in [0.5, 0.6) is 0 Å². The van der Waals surface area contributed by atoms with E-state index in [0.717, 1.165) is 11.6 Å². The maximum absolute atomic E-state index is 13.6. The number of nitrogen functional groups attached to an aromatic ring is 1. The molecule has 0 unspecified atom stereocenters. The molecule has 21 heavy (non-hydrogen) atoms. The minimum Gasteiger partial charge on any atom is -0.399 e. The smallest absolute Gasteiger partial charge is 0.228 e. The van der Waals surface area contributed by atoms with E-state index in [1.54, 1.807) is 31.2 Å². The third-order valence-electron chi connectivity index (χ3n) is 3.09. The normalized spacial score (nSPS) is 9.95. The zero-order valence-electron chi connectivity index (χ0n) is 11.5. The highest BCUT2D eigenvalue weighted by atomic mass is 19.1. The average Bonchev–Trinajstić information content (AvgIpc) is 2.46. The number of hydrogen-bond donors (Lipinski definition) is 2. The number of amides is 1. The lowest BCUT2D eigenvalue weighted by Gasteiger charge is -2.10. The fourth-order valence-electron chi connectivity index (χ4n) is 1.89. The number of carbonyl (C=O) groups is 1. The molecule has 0 bridgehead atoms. The second-order valence-electron chi connectivity index (χ2n) is 4.71. The minimum atomic E-state index is -0.517. The van der Waals surface area contributed by atoms with Crippen LogP contribution in [0.2, 0.25) is 0 Å². The van der Waals surface area contributed by atoms with E-state index in [4.69, 9.17) is 11.0 Å². The molecule has 1 amide bonds. The monoisotopic (exact) mass is 283 g/mol. The molecule has 0 aliphatic carbocycles. The molecule has 5 heteroatoms. The molecule has 0 fully saturated rings. The van der Waals surface area contributed by atoms with Crippen molar-refractivity contribution >= 4 is 17.3 Å². The van der Waals surface area contributed by atoms with Crippen molar-refractivity contribution < 1.29 is 9.18 Å². The summed E-state index contributed by atoms with van der Waals surface area (Å²) in [6, 6.07) is 11.4. The number of nitriles is 1. The number of nitrogens with zero attached hydrogens (tertiary/aromatic N) is 1. The Bertz CT molecular complexity index is 718. The van der Waals surface area contributed by atoms with E-state index in [1.165, 1.54) is 6.07 Å². The Morgan fingerprint density at radius 2 is 2.00 bits per heavy atom. The van der Waals surface area contributed by atoms with E-state index < -0.39 is 5.82 Å². The maximum Gasteiger partial charge on any atom is 0.228 e. The Morgan fingerprint density at radius 1 is 1.33 bits per heavy atom. The van der Waals surface area contributed by atoms with Crippen molar-refractivity contribution in [3.05, 3.63) is 58.9 Å². The Hall–Kier alpha value is -2.87.